The topological polar surface area (TPSA) is 51.2 Å². The molecule has 0 saturated carbocycles. The Hall–Kier alpha value is -2.89. The molecule has 0 unspecified atom stereocenters. The molecule has 136 valence electrons. The predicted octanol–water partition coefficient (Wildman–Crippen LogP) is 2.43. The van der Waals surface area contributed by atoms with Gasteiger partial charge in [0.15, 0.2) is 11.5 Å². The van der Waals surface area contributed by atoms with E-state index in [1.807, 2.05) is 41.3 Å². The van der Waals surface area contributed by atoms with Crippen LogP contribution in [0.5, 0.6) is 17.2 Å². The Kier molecular flexibility index (Phi) is 4.56. The quantitative estimate of drug-likeness (QED) is 0.847. The van der Waals surface area contributed by atoms with Crippen molar-refractivity contribution >= 4 is 11.6 Å². The minimum Gasteiger partial charge on any atom is -0.497 e. The summed E-state index contributed by atoms with van der Waals surface area (Å²) in [6.07, 6.45) is 0. The average molecular weight is 354 g/mol. The molecule has 0 bridgehead atoms. The molecular weight excluding hydrogens is 332 g/mol. The summed E-state index contributed by atoms with van der Waals surface area (Å²) < 4.78 is 16.4. The molecule has 0 aromatic heterocycles. The monoisotopic (exact) mass is 354 g/mol. The number of amides is 1. The van der Waals surface area contributed by atoms with E-state index in [4.69, 9.17) is 14.2 Å². The van der Waals surface area contributed by atoms with Crippen molar-refractivity contribution in [3.8, 4) is 17.2 Å². The Morgan fingerprint density at radius 3 is 2.31 bits per heavy atom. The number of benzene rings is 2. The summed E-state index contributed by atoms with van der Waals surface area (Å²) in [5, 5.41) is 0. The number of hydrogen-bond acceptors (Lipinski definition) is 5. The van der Waals surface area contributed by atoms with Crippen LogP contribution in [0.1, 0.15) is 10.4 Å². The van der Waals surface area contributed by atoms with E-state index in [0.717, 1.165) is 36.0 Å². The van der Waals surface area contributed by atoms with Crippen LogP contribution >= 0.6 is 0 Å². The van der Waals surface area contributed by atoms with Crippen molar-refractivity contribution in [3.05, 3.63) is 48.0 Å². The third kappa shape index (κ3) is 3.27. The summed E-state index contributed by atoms with van der Waals surface area (Å²) in [5.41, 5.74) is 1.80. The highest BCUT2D eigenvalue weighted by Gasteiger charge is 2.23. The molecule has 2 heterocycles. The Morgan fingerprint density at radius 1 is 0.923 bits per heavy atom. The minimum absolute atomic E-state index is 0.0643. The predicted molar refractivity (Wildman–Crippen MR) is 98.5 cm³/mol. The standard InChI is InChI=1S/C20H22N2O4/c1-24-17-5-2-15(3-6-17)20(23)22-10-8-21(9-11-22)16-4-7-18-19(14-16)26-13-12-25-18/h2-7,14H,8-13H2,1H3. The number of methoxy groups -OCH3 is 1. The van der Waals surface area contributed by atoms with Gasteiger partial charge in [0.25, 0.3) is 5.91 Å². The van der Waals surface area contributed by atoms with Crippen LogP contribution in [0.3, 0.4) is 0 Å². The molecule has 0 N–H and O–H groups in total. The lowest BCUT2D eigenvalue weighted by Crippen LogP contribution is -2.48. The third-order valence-corrected chi connectivity index (χ3v) is 4.79. The second-order valence-corrected chi connectivity index (χ2v) is 6.34. The van der Waals surface area contributed by atoms with Crippen molar-refractivity contribution in [2.45, 2.75) is 0 Å². The summed E-state index contributed by atoms with van der Waals surface area (Å²) in [7, 11) is 1.62. The molecular formula is C20H22N2O4. The Labute approximate surface area is 152 Å². The van der Waals surface area contributed by atoms with Crippen LogP contribution in [-0.2, 0) is 0 Å². The van der Waals surface area contributed by atoms with Crippen LogP contribution in [0.4, 0.5) is 5.69 Å². The Balaban J connectivity index is 1.39. The van der Waals surface area contributed by atoms with Gasteiger partial charge in [-0.15, -0.1) is 0 Å². The summed E-state index contributed by atoms with van der Waals surface area (Å²) >= 11 is 0. The van der Waals surface area contributed by atoms with Crippen molar-refractivity contribution in [1.82, 2.24) is 4.90 Å². The van der Waals surface area contributed by atoms with Gasteiger partial charge in [0.2, 0.25) is 0 Å². The number of piperazine rings is 1. The van der Waals surface area contributed by atoms with Gasteiger partial charge in [-0.3, -0.25) is 4.79 Å². The van der Waals surface area contributed by atoms with E-state index in [1.54, 1.807) is 7.11 Å². The third-order valence-electron chi connectivity index (χ3n) is 4.79. The lowest BCUT2D eigenvalue weighted by atomic mass is 10.1. The van der Waals surface area contributed by atoms with Crippen molar-refractivity contribution in [1.29, 1.82) is 0 Å². The zero-order valence-corrected chi connectivity index (χ0v) is 14.8. The highest BCUT2D eigenvalue weighted by molar-refractivity contribution is 5.94. The van der Waals surface area contributed by atoms with E-state index in [1.165, 1.54) is 0 Å². The van der Waals surface area contributed by atoms with Crippen molar-refractivity contribution in [2.24, 2.45) is 0 Å². The number of carbonyl (C=O) groups excluding carboxylic acids is 1. The lowest BCUT2D eigenvalue weighted by Gasteiger charge is -2.36. The number of anilines is 1. The van der Waals surface area contributed by atoms with Crippen molar-refractivity contribution in [3.63, 3.8) is 0 Å². The van der Waals surface area contributed by atoms with Crippen LogP contribution < -0.4 is 19.1 Å². The normalized spacial score (nSPS) is 16.3. The first-order valence-electron chi connectivity index (χ1n) is 8.82. The van der Waals surface area contributed by atoms with E-state index in [9.17, 15) is 4.79 Å². The van der Waals surface area contributed by atoms with E-state index in [-0.39, 0.29) is 5.91 Å². The molecule has 0 radical (unpaired) electrons. The summed E-state index contributed by atoms with van der Waals surface area (Å²) in [6, 6.07) is 13.3. The van der Waals surface area contributed by atoms with Gasteiger partial charge in [-0.2, -0.15) is 0 Å². The molecule has 1 fully saturated rings. The smallest absolute Gasteiger partial charge is 0.253 e. The average Bonchev–Trinajstić information content (AvgIpc) is 2.73. The van der Waals surface area contributed by atoms with Gasteiger partial charge in [0.05, 0.1) is 7.11 Å². The number of nitrogens with zero attached hydrogens (tertiary/aromatic N) is 2. The molecule has 2 aromatic carbocycles. The SMILES string of the molecule is COc1ccc(C(=O)N2CCN(c3ccc4c(c3)OCCO4)CC2)cc1. The lowest BCUT2D eigenvalue weighted by molar-refractivity contribution is 0.0746. The largest absolute Gasteiger partial charge is 0.497 e. The zero-order valence-electron chi connectivity index (χ0n) is 14.8. The van der Waals surface area contributed by atoms with Crippen LogP contribution in [-0.4, -0.2) is 57.3 Å². The number of hydrogen-bond donors (Lipinski definition) is 0. The second-order valence-electron chi connectivity index (χ2n) is 6.34. The molecule has 6 nitrogen and oxygen atoms in total. The molecule has 1 saturated heterocycles. The van der Waals surface area contributed by atoms with Crippen LogP contribution in [0.2, 0.25) is 0 Å². The molecule has 26 heavy (non-hydrogen) atoms. The van der Waals surface area contributed by atoms with Crippen LogP contribution in [0.25, 0.3) is 0 Å². The van der Waals surface area contributed by atoms with E-state index >= 15 is 0 Å². The fourth-order valence-electron chi connectivity index (χ4n) is 3.31. The second kappa shape index (κ2) is 7.15. The zero-order chi connectivity index (χ0) is 17.9. The highest BCUT2D eigenvalue weighted by Crippen LogP contribution is 2.34. The minimum atomic E-state index is 0.0643. The number of carbonyl (C=O) groups is 1. The van der Waals surface area contributed by atoms with Crippen molar-refractivity contribution in [2.75, 3.05) is 51.4 Å². The maximum atomic E-state index is 12.7. The van der Waals surface area contributed by atoms with Gasteiger partial charge >= 0.3 is 0 Å². The number of fused-ring (bicyclic) bond motifs is 1. The number of rotatable bonds is 3. The van der Waals surface area contributed by atoms with Gasteiger partial charge in [-0.05, 0) is 36.4 Å². The van der Waals surface area contributed by atoms with Crippen LogP contribution in [0, 0.1) is 0 Å². The van der Waals surface area contributed by atoms with Gasteiger partial charge in [-0.1, -0.05) is 0 Å². The fraction of sp³-hybridized carbons (Fsp3) is 0.350. The maximum absolute atomic E-state index is 12.7. The Bertz CT molecular complexity index is 783. The Morgan fingerprint density at radius 2 is 1.62 bits per heavy atom. The summed E-state index contributed by atoms with van der Waals surface area (Å²) in [4.78, 5) is 16.8. The van der Waals surface area contributed by atoms with Gasteiger partial charge in [0, 0.05) is 43.5 Å². The maximum Gasteiger partial charge on any atom is 0.253 e. The highest BCUT2D eigenvalue weighted by atomic mass is 16.6. The first-order chi connectivity index (χ1) is 12.7. The molecule has 6 heteroatoms. The molecule has 0 aliphatic carbocycles. The van der Waals surface area contributed by atoms with Crippen molar-refractivity contribution < 1.29 is 19.0 Å². The van der Waals surface area contributed by atoms with E-state index < -0.39 is 0 Å². The first kappa shape index (κ1) is 16.6. The van der Waals surface area contributed by atoms with Crippen LogP contribution in [0.15, 0.2) is 42.5 Å². The molecule has 0 atom stereocenters. The fourth-order valence-corrected chi connectivity index (χ4v) is 3.31. The van der Waals surface area contributed by atoms with E-state index in [2.05, 4.69) is 11.0 Å². The molecule has 2 aliphatic rings. The first-order valence-corrected chi connectivity index (χ1v) is 8.82. The summed E-state index contributed by atoms with van der Waals surface area (Å²) in [5.74, 6) is 2.42. The molecule has 4 rings (SSSR count). The van der Waals surface area contributed by atoms with E-state index in [0.29, 0.717) is 31.9 Å². The molecule has 2 aliphatic heterocycles. The number of ether oxygens (including phenoxy) is 3. The molecule has 0 spiro atoms. The molecule has 2 aromatic rings. The van der Waals surface area contributed by atoms with Gasteiger partial charge in [0.1, 0.15) is 19.0 Å². The molecule has 1 amide bonds. The van der Waals surface area contributed by atoms with Gasteiger partial charge in [-0.25, -0.2) is 0 Å². The van der Waals surface area contributed by atoms with Gasteiger partial charge < -0.3 is 24.0 Å². The summed E-state index contributed by atoms with van der Waals surface area (Å²) in [6.45, 7) is 4.15.